The van der Waals surface area contributed by atoms with Gasteiger partial charge in [0.05, 0.1) is 20.0 Å². The second-order valence-corrected chi connectivity index (χ2v) is 13.0. The maximum absolute atomic E-state index is 12.9. The zero-order chi connectivity index (χ0) is 25.4. The van der Waals surface area contributed by atoms with Gasteiger partial charge in [0.1, 0.15) is 0 Å². The lowest BCUT2D eigenvalue weighted by Gasteiger charge is -2.29. The van der Waals surface area contributed by atoms with Crippen LogP contribution in [-0.2, 0) is 26.6 Å². The topological polar surface area (TPSA) is 132 Å². The molecule has 9 nitrogen and oxygen atoms in total. The molecule has 1 amide bonds. The van der Waals surface area contributed by atoms with E-state index in [1.807, 2.05) is 0 Å². The highest BCUT2D eigenvalue weighted by Crippen LogP contribution is 2.24. The molecule has 0 aliphatic carbocycles. The first-order valence-electron chi connectivity index (χ1n) is 11.0. The van der Waals surface area contributed by atoms with Gasteiger partial charge in [0, 0.05) is 25.2 Å². The largest absolute Gasteiger partial charge is 0.312 e. The number of carbonyl (C=O) groups excluding carboxylic acids is 1. The third kappa shape index (κ3) is 5.31. The first kappa shape index (κ1) is 25.5. The molecule has 0 unspecified atom stereocenters. The summed E-state index contributed by atoms with van der Waals surface area (Å²) in [4.78, 5) is 17.6. The molecule has 3 aromatic rings. The van der Waals surface area contributed by atoms with Gasteiger partial charge < -0.3 is 4.57 Å². The van der Waals surface area contributed by atoms with Crippen LogP contribution in [0.3, 0.4) is 0 Å². The van der Waals surface area contributed by atoms with Gasteiger partial charge in [-0.2, -0.15) is 9.30 Å². The van der Waals surface area contributed by atoms with E-state index in [1.165, 1.54) is 40.7 Å². The Labute approximate surface area is 208 Å². The maximum atomic E-state index is 12.9. The average Bonchev–Trinajstić information content (AvgIpc) is 3.15. The van der Waals surface area contributed by atoms with Crippen LogP contribution in [0.5, 0.6) is 0 Å². The molecule has 2 N–H and O–H groups in total. The fourth-order valence-electron chi connectivity index (χ4n) is 3.92. The zero-order valence-corrected chi connectivity index (χ0v) is 21.6. The van der Waals surface area contributed by atoms with Crippen molar-refractivity contribution < 1.29 is 21.6 Å². The molecule has 1 aliphatic rings. The molecule has 12 heteroatoms. The number of hydrogen-bond donors (Lipinski definition) is 1. The Morgan fingerprint density at radius 1 is 1.11 bits per heavy atom. The molecule has 0 saturated carbocycles. The summed E-state index contributed by atoms with van der Waals surface area (Å²) in [5.74, 6) is -0.0381. The van der Waals surface area contributed by atoms with E-state index in [-0.39, 0.29) is 15.4 Å². The second-order valence-electron chi connectivity index (χ2n) is 8.49. The number of amides is 1. The molecule has 1 aromatic heterocycles. The lowest BCUT2D eigenvalue weighted by Crippen LogP contribution is -2.37. The summed E-state index contributed by atoms with van der Waals surface area (Å²) in [6.45, 7) is 7.18. The predicted octanol–water partition coefficient (Wildman–Crippen LogP) is 2.70. The van der Waals surface area contributed by atoms with Gasteiger partial charge in [-0.25, -0.2) is 22.0 Å². The van der Waals surface area contributed by atoms with Gasteiger partial charge >= 0.3 is 0 Å². The summed E-state index contributed by atoms with van der Waals surface area (Å²) < 4.78 is 53.1. The van der Waals surface area contributed by atoms with Crippen molar-refractivity contribution in [3.8, 4) is 0 Å². The Bertz CT molecular complexity index is 1560. The molecule has 1 saturated heterocycles. The number of fused-ring (bicyclic) bond motifs is 1. The van der Waals surface area contributed by atoms with Gasteiger partial charge in [-0.3, -0.25) is 4.79 Å². The Balaban J connectivity index is 1.66. The molecule has 2 aromatic carbocycles. The summed E-state index contributed by atoms with van der Waals surface area (Å²) in [7, 11) is -7.49. The minimum absolute atomic E-state index is 0.0326. The van der Waals surface area contributed by atoms with E-state index < -0.39 is 26.0 Å². The molecule has 35 heavy (non-hydrogen) atoms. The molecule has 2 heterocycles. The first-order chi connectivity index (χ1) is 16.5. The number of allylic oxidation sites excluding steroid dienone is 1. The molecule has 0 atom stereocenters. The quantitative estimate of drug-likeness (QED) is 0.486. The van der Waals surface area contributed by atoms with Gasteiger partial charge in [-0.05, 0) is 61.2 Å². The summed E-state index contributed by atoms with van der Waals surface area (Å²) in [5.41, 5.74) is 0.926. The van der Waals surface area contributed by atoms with Crippen LogP contribution in [0.15, 0.2) is 69.9 Å². The van der Waals surface area contributed by atoms with Gasteiger partial charge in [0.25, 0.3) is 5.91 Å². The lowest BCUT2D eigenvalue weighted by molar-refractivity contribution is 0.0997. The number of carbonyl (C=O) groups is 1. The molecular formula is C23H26N4O5S3. The van der Waals surface area contributed by atoms with Crippen LogP contribution in [0.4, 0.5) is 0 Å². The summed E-state index contributed by atoms with van der Waals surface area (Å²) in [5, 5.41) is 5.23. The van der Waals surface area contributed by atoms with Crippen molar-refractivity contribution in [2.24, 2.45) is 16.0 Å². The third-order valence-electron chi connectivity index (χ3n) is 5.97. The van der Waals surface area contributed by atoms with Crippen molar-refractivity contribution in [3.63, 3.8) is 0 Å². The van der Waals surface area contributed by atoms with Crippen LogP contribution < -0.4 is 9.94 Å². The number of benzene rings is 2. The normalized spacial score (nSPS) is 16.6. The van der Waals surface area contributed by atoms with Gasteiger partial charge in [-0.15, -0.1) is 6.58 Å². The van der Waals surface area contributed by atoms with E-state index in [2.05, 4.69) is 18.5 Å². The first-order valence-corrected chi connectivity index (χ1v) is 14.8. The minimum atomic E-state index is -3.88. The van der Waals surface area contributed by atoms with E-state index in [9.17, 15) is 21.6 Å². The van der Waals surface area contributed by atoms with E-state index in [0.29, 0.717) is 40.6 Å². The van der Waals surface area contributed by atoms with Crippen LogP contribution in [-0.4, -0.2) is 44.7 Å². The van der Waals surface area contributed by atoms with Gasteiger partial charge in [0.15, 0.2) is 4.80 Å². The standard InChI is InChI=1S/C23H26N4O5S3/c1-3-12-27-20-9-8-19(34(24,29)30)15-21(20)33-23(27)25-22(28)17-4-6-18(7-5-17)35(31,32)26-13-10-16(2)11-14-26/h3-9,15-16H,1,10-14H2,2H3,(H2,24,29,30). The van der Waals surface area contributed by atoms with Crippen molar-refractivity contribution in [1.82, 2.24) is 8.87 Å². The number of primary sulfonamides is 1. The highest BCUT2D eigenvalue weighted by molar-refractivity contribution is 7.89. The van der Waals surface area contributed by atoms with Gasteiger partial charge in [0.2, 0.25) is 20.0 Å². The average molecular weight is 535 g/mol. The lowest BCUT2D eigenvalue weighted by atomic mass is 10.0. The molecule has 0 spiro atoms. The Hall–Kier alpha value is -2.64. The minimum Gasteiger partial charge on any atom is -0.312 e. The molecule has 4 rings (SSSR count). The Kier molecular flexibility index (Phi) is 7.11. The molecular weight excluding hydrogens is 508 g/mol. The molecule has 1 fully saturated rings. The van der Waals surface area contributed by atoms with E-state index in [1.54, 1.807) is 16.7 Å². The number of sulfonamides is 2. The van der Waals surface area contributed by atoms with Crippen LogP contribution in [0.25, 0.3) is 10.2 Å². The van der Waals surface area contributed by atoms with E-state index in [4.69, 9.17) is 5.14 Å². The second kappa shape index (κ2) is 9.78. The molecule has 0 radical (unpaired) electrons. The highest BCUT2D eigenvalue weighted by atomic mass is 32.2. The summed E-state index contributed by atoms with van der Waals surface area (Å²) in [6.07, 6.45) is 3.30. The zero-order valence-electron chi connectivity index (χ0n) is 19.1. The van der Waals surface area contributed by atoms with Crippen molar-refractivity contribution in [2.45, 2.75) is 36.1 Å². The van der Waals surface area contributed by atoms with Crippen molar-refractivity contribution in [1.29, 1.82) is 0 Å². The molecule has 186 valence electrons. The number of aromatic nitrogens is 1. The maximum Gasteiger partial charge on any atom is 0.279 e. The number of nitrogens with two attached hydrogens (primary N) is 1. The van der Waals surface area contributed by atoms with Crippen molar-refractivity contribution in [2.75, 3.05) is 13.1 Å². The summed E-state index contributed by atoms with van der Waals surface area (Å²) in [6, 6.07) is 10.2. The van der Waals surface area contributed by atoms with Crippen molar-refractivity contribution in [3.05, 3.63) is 65.5 Å². The Morgan fingerprint density at radius 3 is 2.34 bits per heavy atom. The number of nitrogens with zero attached hydrogens (tertiary/aromatic N) is 3. The predicted molar refractivity (Wildman–Crippen MR) is 135 cm³/mol. The van der Waals surface area contributed by atoms with Crippen LogP contribution in [0.1, 0.15) is 30.1 Å². The molecule has 0 bridgehead atoms. The highest BCUT2D eigenvalue weighted by Gasteiger charge is 2.28. The van der Waals surface area contributed by atoms with Crippen LogP contribution >= 0.6 is 11.3 Å². The van der Waals surface area contributed by atoms with Crippen LogP contribution in [0, 0.1) is 5.92 Å². The molecule has 1 aliphatic heterocycles. The van der Waals surface area contributed by atoms with Gasteiger partial charge in [-0.1, -0.05) is 24.3 Å². The monoisotopic (exact) mass is 534 g/mol. The van der Waals surface area contributed by atoms with E-state index in [0.717, 1.165) is 24.2 Å². The SMILES string of the molecule is C=CCn1c(=NC(=O)c2ccc(S(=O)(=O)N3CCC(C)CC3)cc2)sc2cc(S(N)(=O)=O)ccc21. The number of hydrogen-bond acceptors (Lipinski definition) is 6. The smallest absolute Gasteiger partial charge is 0.279 e. The van der Waals surface area contributed by atoms with E-state index >= 15 is 0 Å². The number of piperidine rings is 1. The number of rotatable bonds is 6. The Morgan fingerprint density at radius 2 is 1.74 bits per heavy atom. The fraction of sp³-hybridized carbons (Fsp3) is 0.304. The number of thiazole rings is 1. The summed E-state index contributed by atoms with van der Waals surface area (Å²) >= 11 is 1.15. The fourth-order valence-corrected chi connectivity index (χ4v) is 7.08. The third-order valence-corrected chi connectivity index (χ3v) is 9.84. The van der Waals surface area contributed by atoms with Crippen molar-refractivity contribution >= 4 is 47.5 Å². The van der Waals surface area contributed by atoms with Crippen LogP contribution in [0.2, 0.25) is 0 Å².